The lowest BCUT2D eigenvalue weighted by molar-refractivity contribution is -0.257. The maximum absolute atomic E-state index is 12.2. The van der Waals surface area contributed by atoms with Gasteiger partial charge in [-0.2, -0.15) is 0 Å². The molecule has 0 aromatic heterocycles. The Morgan fingerprint density at radius 1 is 1.29 bits per heavy atom. The van der Waals surface area contributed by atoms with Crippen LogP contribution < -0.4 is 0 Å². The first kappa shape index (κ1) is 13.9. The molecule has 0 radical (unpaired) electrons. The van der Waals surface area contributed by atoms with Crippen LogP contribution in [0.25, 0.3) is 0 Å². The van der Waals surface area contributed by atoms with Crippen LogP contribution >= 0.6 is 0 Å². The van der Waals surface area contributed by atoms with Crippen molar-refractivity contribution in [2.45, 2.75) is 63.1 Å². The molecule has 118 valence electrons. The summed E-state index contributed by atoms with van der Waals surface area (Å²) in [6.07, 6.45) is 0.102. The normalized spacial score (nSPS) is 65.1. The molecule has 1 saturated carbocycles. The Bertz CT molecular complexity index is 546. The molecule has 2 bridgehead atoms. The van der Waals surface area contributed by atoms with Crippen molar-refractivity contribution in [2.75, 3.05) is 6.61 Å². The van der Waals surface area contributed by atoms with Gasteiger partial charge in [-0.25, -0.2) is 4.79 Å². The fraction of sp³-hybridized carbons (Fsp3) is 0.933. The Balaban J connectivity index is 2.05. The first-order chi connectivity index (χ1) is 9.58. The number of carbonyl (C=O) groups is 1. The van der Waals surface area contributed by atoms with Crippen molar-refractivity contribution < 1.29 is 29.6 Å². The molecule has 4 aliphatic rings. The maximum Gasteiger partial charge on any atom is 0.335 e. The Morgan fingerprint density at radius 3 is 2.62 bits per heavy atom. The highest BCUT2D eigenvalue weighted by molar-refractivity contribution is 5.77. The van der Waals surface area contributed by atoms with Gasteiger partial charge in [-0.15, -0.1) is 0 Å². The molecule has 7 atom stereocenters. The van der Waals surface area contributed by atoms with Crippen LogP contribution in [-0.4, -0.2) is 51.0 Å². The zero-order valence-electron chi connectivity index (χ0n) is 12.5. The first-order valence-electron chi connectivity index (χ1n) is 7.58. The predicted molar refractivity (Wildman–Crippen MR) is 69.9 cm³/mol. The summed E-state index contributed by atoms with van der Waals surface area (Å²) in [6.45, 7) is 5.24. The summed E-state index contributed by atoms with van der Waals surface area (Å²) in [7, 11) is 0. The summed E-state index contributed by atoms with van der Waals surface area (Å²) in [4.78, 5) is 12.2. The number of fused-ring (bicyclic) bond motifs is 1. The van der Waals surface area contributed by atoms with E-state index in [0.717, 1.165) is 6.42 Å². The molecular formula is C15H22O6. The lowest BCUT2D eigenvalue weighted by Crippen LogP contribution is -2.69. The highest BCUT2D eigenvalue weighted by Crippen LogP contribution is 2.79. The SMILES string of the molecule is C[C@@H]1CC[C@@]23O[C@@]4(O)C[C@@]12C(O)C(=O)OC[C@]3(C)[C@@]4(C)O. The van der Waals surface area contributed by atoms with Gasteiger partial charge < -0.3 is 24.8 Å². The summed E-state index contributed by atoms with van der Waals surface area (Å²) >= 11 is 0. The minimum atomic E-state index is -1.76. The molecular weight excluding hydrogens is 276 g/mol. The third-order valence-electron chi connectivity index (χ3n) is 7.38. The zero-order chi connectivity index (χ0) is 15.5. The minimum Gasteiger partial charge on any atom is -0.463 e. The van der Waals surface area contributed by atoms with Crippen molar-refractivity contribution in [1.82, 2.24) is 0 Å². The monoisotopic (exact) mass is 298 g/mol. The molecule has 0 amide bonds. The number of cyclic esters (lactones) is 1. The number of aliphatic hydroxyl groups excluding tert-OH is 1. The van der Waals surface area contributed by atoms with E-state index in [1.165, 1.54) is 0 Å². The average Bonchev–Trinajstić information content (AvgIpc) is 2.88. The van der Waals surface area contributed by atoms with Crippen molar-refractivity contribution in [2.24, 2.45) is 16.7 Å². The van der Waals surface area contributed by atoms with Gasteiger partial charge in [0.25, 0.3) is 0 Å². The fourth-order valence-electron chi connectivity index (χ4n) is 5.84. The lowest BCUT2D eigenvalue weighted by Gasteiger charge is -2.55. The fourth-order valence-corrected chi connectivity index (χ4v) is 5.84. The minimum absolute atomic E-state index is 0.00241. The molecule has 0 aromatic carbocycles. The molecule has 21 heavy (non-hydrogen) atoms. The van der Waals surface area contributed by atoms with Crippen LogP contribution in [0, 0.1) is 16.7 Å². The molecule has 3 saturated heterocycles. The smallest absolute Gasteiger partial charge is 0.335 e. The lowest BCUT2D eigenvalue weighted by atomic mass is 9.47. The van der Waals surface area contributed by atoms with Gasteiger partial charge in [-0.05, 0) is 25.7 Å². The third-order valence-corrected chi connectivity index (χ3v) is 7.38. The maximum atomic E-state index is 12.2. The van der Waals surface area contributed by atoms with Crippen LogP contribution in [0.2, 0.25) is 0 Å². The van der Waals surface area contributed by atoms with E-state index in [-0.39, 0.29) is 18.9 Å². The van der Waals surface area contributed by atoms with E-state index in [9.17, 15) is 20.1 Å². The van der Waals surface area contributed by atoms with Crippen LogP contribution in [-0.2, 0) is 14.3 Å². The summed E-state index contributed by atoms with van der Waals surface area (Å²) < 4.78 is 11.3. The molecule has 1 unspecified atom stereocenters. The van der Waals surface area contributed by atoms with Gasteiger partial charge >= 0.3 is 5.97 Å². The van der Waals surface area contributed by atoms with E-state index < -0.39 is 39.9 Å². The highest BCUT2D eigenvalue weighted by Gasteiger charge is 2.90. The Hall–Kier alpha value is -0.690. The van der Waals surface area contributed by atoms with Gasteiger partial charge in [0.15, 0.2) is 11.9 Å². The number of hydrogen-bond acceptors (Lipinski definition) is 6. The van der Waals surface area contributed by atoms with E-state index >= 15 is 0 Å². The van der Waals surface area contributed by atoms with Crippen molar-refractivity contribution in [3.8, 4) is 0 Å². The van der Waals surface area contributed by atoms with Gasteiger partial charge in [0, 0.05) is 11.8 Å². The van der Waals surface area contributed by atoms with E-state index in [0.29, 0.717) is 6.42 Å². The Labute approximate surface area is 123 Å². The first-order valence-corrected chi connectivity index (χ1v) is 7.58. The van der Waals surface area contributed by atoms with E-state index in [2.05, 4.69) is 0 Å². The van der Waals surface area contributed by atoms with Gasteiger partial charge in [0.2, 0.25) is 0 Å². The predicted octanol–water partition coefficient (Wildman–Crippen LogP) is -0.0610. The van der Waals surface area contributed by atoms with Crippen molar-refractivity contribution >= 4 is 5.97 Å². The third kappa shape index (κ3) is 1.02. The van der Waals surface area contributed by atoms with Crippen LogP contribution in [0.4, 0.5) is 0 Å². The summed E-state index contributed by atoms with van der Waals surface area (Å²) in [6, 6.07) is 0. The van der Waals surface area contributed by atoms with E-state index in [1.807, 2.05) is 6.92 Å². The average molecular weight is 298 g/mol. The van der Waals surface area contributed by atoms with Crippen LogP contribution in [0.3, 0.4) is 0 Å². The zero-order valence-corrected chi connectivity index (χ0v) is 12.5. The van der Waals surface area contributed by atoms with Gasteiger partial charge in [0.05, 0.1) is 11.0 Å². The van der Waals surface area contributed by atoms with Crippen molar-refractivity contribution in [3.05, 3.63) is 0 Å². The molecule has 1 aliphatic carbocycles. The van der Waals surface area contributed by atoms with Gasteiger partial charge in [-0.3, -0.25) is 0 Å². The Kier molecular flexibility index (Phi) is 2.19. The summed E-state index contributed by atoms with van der Waals surface area (Å²) in [5.74, 6) is -2.43. The standard InChI is InChI=1S/C15H22O6/c1-8-4-5-14-11(2)7-20-10(17)9(16)13(8,14)6-15(19,21-14)12(11,3)18/h8-9,16,18-19H,4-7H2,1-3H3/t8-,9?,11-,12-,13+,14+,15+/m1/s1. The number of hydrogen-bond donors (Lipinski definition) is 3. The molecule has 3 heterocycles. The van der Waals surface area contributed by atoms with E-state index in [4.69, 9.17) is 9.47 Å². The molecule has 6 heteroatoms. The second kappa shape index (κ2) is 3.30. The number of esters is 1. The van der Waals surface area contributed by atoms with Crippen molar-refractivity contribution in [3.63, 3.8) is 0 Å². The molecule has 1 spiro atoms. The van der Waals surface area contributed by atoms with E-state index in [1.54, 1.807) is 13.8 Å². The van der Waals surface area contributed by atoms with Gasteiger partial charge in [0.1, 0.15) is 12.2 Å². The van der Waals surface area contributed by atoms with Crippen LogP contribution in [0.15, 0.2) is 0 Å². The molecule has 0 aromatic rings. The number of carbonyl (C=O) groups excluding carboxylic acids is 1. The summed E-state index contributed by atoms with van der Waals surface area (Å²) in [5.41, 5.74) is -4.33. The van der Waals surface area contributed by atoms with Crippen molar-refractivity contribution in [1.29, 1.82) is 0 Å². The quantitative estimate of drug-likeness (QED) is 0.542. The number of rotatable bonds is 0. The van der Waals surface area contributed by atoms with Crippen LogP contribution in [0.5, 0.6) is 0 Å². The highest BCUT2D eigenvalue weighted by atomic mass is 16.7. The second-order valence-corrected chi connectivity index (χ2v) is 7.78. The second-order valence-electron chi connectivity index (χ2n) is 7.78. The van der Waals surface area contributed by atoms with Crippen LogP contribution in [0.1, 0.15) is 40.0 Å². The number of aliphatic hydroxyl groups is 3. The topological polar surface area (TPSA) is 96.2 Å². The Morgan fingerprint density at radius 2 is 1.95 bits per heavy atom. The molecule has 4 fully saturated rings. The molecule has 3 N–H and O–H groups in total. The molecule has 6 nitrogen and oxygen atoms in total. The largest absolute Gasteiger partial charge is 0.463 e. The number of ether oxygens (including phenoxy) is 2. The summed E-state index contributed by atoms with van der Waals surface area (Å²) in [5, 5.41) is 32.6. The van der Waals surface area contributed by atoms with Gasteiger partial charge in [-0.1, -0.05) is 13.8 Å². The molecule has 4 rings (SSSR count). The molecule has 3 aliphatic heterocycles.